The fraction of sp³-hybridized carbons (Fsp3) is 0.800. The van der Waals surface area contributed by atoms with Crippen molar-refractivity contribution in [2.75, 3.05) is 13.7 Å². The molecule has 0 aliphatic rings. The van der Waals surface area contributed by atoms with Crippen LogP contribution in [0.3, 0.4) is 0 Å². The van der Waals surface area contributed by atoms with Gasteiger partial charge >= 0.3 is 0 Å². The van der Waals surface area contributed by atoms with Crippen LogP contribution in [0.4, 0.5) is 0 Å². The highest BCUT2D eigenvalue weighted by atomic mass is 16.5. The molecule has 0 aliphatic heterocycles. The number of unbranched alkanes of at least 4 members (excludes halogenated alkanes) is 4. The van der Waals surface area contributed by atoms with Crippen molar-refractivity contribution in [3.63, 3.8) is 0 Å². The minimum Gasteiger partial charge on any atom is -0.372 e. The quantitative estimate of drug-likeness (QED) is 0.437. The summed E-state index contributed by atoms with van der Waals surface area (Å²) in [6, 6.07) is 0. The molecule has 0 bridgehead atoms. The van der Waals surface area contributed by atoms with Crippen LogP contribution >= 0.6 is 0 Å². The first-order chi connectivity index (χ1) is 5.41. The molecule has 0 amide bonds. The molecule has 1 nitrogen and oxygen atoms in total. The zero-order valence-electron chi connectivity index (χ0n) is 7.65. The second-order valence-corrected chi connectivity index (χ2v) is 2.60. The molecule has 0 aromatic rings. The SMILES string of the molecule is CCCCCCC#CCOC. The molecule has 0 fully saturated rings. The van der Waals surface area contributed by atoms with Crippen LogP contribution in [-0.2, 0) is 4.74 Å². The van der Waals surface area contributed by atoms with Crippen molar-refractivity contribution in [2.45, 2.75) is 39.0 Å². The van der Waals surface area contributed by atoms with Gasteiger partial charge in [0.1, 0.15) is 6.61 Å². The summed E-state index contributed by atoms with van der Waals surface area (Å²) in [5.74, 6) is 6.01. The lowest BCUT2D eigenvalue weighted by Gasteiger charge is -1.91. The second-order valence-electron chi connectivity index (χ2n) is 2.60. The highest BCUT2D eigenvalue weighted by Gasteiger charge is 1.83. The van der Waals surface area contributed by atoms with Gasteiger partial charge in [-0.3, -0.25) is 0 Å². The third-order valence-electron chi connectivity index (χ3n) is 1.50. The monoisotopic (exact) mass is 154 g/mol. The predicted molar refractivity (Wildman–Crippen MR) is 48.4 cm³/mol. The zero-order valence-corrected chi connectivity index (χ0v) is 7.65. The van der Waals surface area contributed by atoms with E-state index >= 15 is 0 Å². The van der Waals surface area contributed by atoms with Gasteiger partial charge in [0.15, 0.2) is 0 Å². The number of ether oxygens (including phenoxy) is 1. The van der Waals surface area contributed by atoms with Crippen molar-refractivity contribution in [3.8, 4) is 11.8 Å². The molecule has 11 heavy (non-hydrogen) atoms. The first kappa shape index (κ1) is 10.5. The summed E-state index contributed by atoms with van der Waals surface area (Å²) in [6.07, 6.45) is 6.23. The van der Waals surface area contributed by atoms with Gasteiger partial charge in [0.25, 0.3) is 0 Å². The highest BCUT2D eigenvalue weighted by Crippen LogP contribution is 2.00. The van der Waals surface area contributed by atoms with Crippen LogP contribution in [0.2, 0.25) is 0 Å². The van der Waals surface area contributed by atoms with Gasteiger partial charge in [-0.25, -0.2) is 0 Å². The van der Waals surface area contributed by atoms with Crippen LogP contribution in [0, 0.1) is 11.8 Å². The minimum atomic E-state index is 0.577. The van der Waals surface area contributed by atoms with E-state index in [9.17, 15) is 0 Å². The van der Waals surface area contributed by atoms with Gasteiger partial charge in [-0.1, -0.05) is 32.1 Å². The number of hydrogen-bond donors (Lipinski definition) is 0. The van der Waals surface area contributed by atoms with Crippen LogP contribution in [0.5, 0.6) is 0 Å². The summed E-state index contributed by atoms with van der Waals surface area (Å²) in [5, 5.41) is 0. The van der Waals surface area contributed by atoms with Crippen LogP contribution < -0.4 is 0 Å². The maximum atomic E-state index is 4.80. The average molecular weight is 154 g/mol. The Morgan fingerprint density at radius 1 is 1.09 bits per heavy atom. The highest BCUT2D eigenvalue weighted by molar-refractivity contribution is 4.98. The van der Waals surface area contributed by atoms with Crippen molar-refractivity contribution >= 4 is 0 Å². The number of methoxy groups -OCH3 is 1. The molecule has 0 N–H and O–H groups in total. The average Bonchev–Trinajstić information content (AvgIpc) is 2.03. The van der Waals surface area contributed by atoms with E-state index < -0.39 is 0 Å². The molecule has 0 aliphatic carbocycles. The van der Waals surface area contributed by atoms with Crippen molar-refractivity contribution < 1.29 is 4.74 Å². The van der Waals surface area contributed by atoms with E-state index in [-0.39, 0.29) is 0 Å². The molecule has 64 valence electrons. The molecule has 0 atom stereocenters. The van der Waals surface area contributed by atoms with E-state index in [1.165, 1.54) is 25.7 Å². The molecular weight excluding hydrogens is 136 g/mol. The predicted octanol–water partition coefficient (Wildman–Crippen LogP) is 2.61. The summed E-state index contributed by atoms with van der Waals surface area (Å²) in [6.45, 7) is 2.80. The minimum absolute atomic E-state index is 0.577. The molecule has 0 unspecified atom stereocenters. The van der Waals surface area contributed by atoms with Gasteiger partial charge in [-0.2, -0.15) is 0 Å². The summed E-state index contributed by atoms with van der Waals surface area (Å²) in [5.41, 5.74) is 0. The van der Waals surface area contributed by atoms with Crippen LogP contribution in [-0.4, -0.2) is 13.7 Å². The summed E-state index contributed by atoms with van der Waals surface area (Å²) in [7, 11) is 1.67. The van der Waals surface area contributed by atoms with Gasteiger partial charge in [0, 0.05) is 13.5 Å². The summed E-state index contributed by atoms with van der Waals surface area (Å²) >= 11 is 0. The molecule has 0 aromatic heterocycles. The van der Waals surface area contributed by atoms with Crippen molar-refractivity contribution in [1.29, 1.82) is 0 Å². The molecule has 0 aromatic carbocycles. The molecular formula is C10H18O. The smallest absolute Gasteiger partial charge is 0.107 e. The second kappa shape index (κ2) is 9.52. The van der Waals surface area contributed by atoms with E-state index in [4.69, 9.17) is 4.74 Å². The Hall–Kier alpha value is -0.480. The summed E-state index contributed by atoms with van der Waals surface area (Å²) < 4.78 is 4.80. The fourth-order valence-corrected chi connectivity index (χ4v) is 0.852. The van der Waals surface area contributed by atoms with Gasteiger partial charge in [0.2, 0.25) is 0 Å². The lowest BCUT2D eigenvalue weighted by molar-refractivity contribution is 0.239. The van der Waals surface area contributed by atoms with Crippen LogP contribution in [0.25, 0.3) is 0 Å². The first-order valence-corrected chi connectivity index (χ1v) is 4.36. The van der Waals surface area contributed by atoms with Crippen molar-refractivity contribution in [1.82, 2.24) is 0 Å². The molecule has 0 heterocycles. The number of hydrogen-bond acceptors (Lipinski definition) is 1. The Morgan fingerprint density at radius 2 is 1.91 bits per heavy atom. The molecule has 0 saturated carbocycles. The van der Waals surface area contributed by atoms with Gasteiger partial charge in [-0.05, 0) is 6.42 Å². The Labute approximate surface area is 70.1 Å². The molecule has 1 heteroatoms. The standard InChI is InChI=1S/C10H18O/c1-3-4-5-6-7-8-9-10-11-2/h3-7,10H2,1-2H3. The van der Waals surface area contributed by atoms with Gasteiger partial charge in [0.05, 0.1) is 0 Å². The number of rotatable bonds is 5. The zero-order chi connectivity index (χ0) is 8.36. The van der Waals surface area contributed by atoms with Gasteiger partial charge in [-0.15, -0.1) is 5.92 Å². The van der Waals surface area contributed by atoms with E-state index in [0.717, 1.165) is 6.42 Å². The normalized spacial score (nSPS) is 8.91. The topological polar surface area (TPSA) is 9.23 Å². The Balaban J connectivity index is 2.96. The van der Waals surface area contributed by atoms with E-state index in [0.29, 0.717) is 6.61 Å². The Kier molecular flexibility index (Phi) is 9.10. The molecule has 0 spiro atoms. The third kappa shape index (κ3) is 9.52. The van der Waals surface area contributed by atoms with Gasteiger partial charge < -0.3 is 4.74 Å². The maximum absolute atomic E-state index is 4.80. The molecule has 0 rings (SSSR count). The van der Waals surface area contributed by atoms with Crippen LogP contribution in [0.15, 0.2) is 0 Å². The van der Waals surface area contributed by atoms with Crippen LogP contribution in [0.1, 0.15) is 39.0 Å². The fourth-order valence-electron chi connectivity index (χ4n) is 0.852. The maximum Gasteiger partial charge on any atom is 0.107 e. The van der Waals surface area contributed by atoms with Crippen molar-refractivity contribution in [3.05, 3.63) is 0 Å². The molecule has 0 radical (unpaired) electrons. The Bertz CT molecular complexity index is 119. The first-order valence-electron chi connectivity index (χ1n) is 4.36. The Morgan fingerprint density at radius 3 is 2.55 bits per heavy atom. The lowest BCUT2D eigenvalue weighted by atomic mass is 10.2. The summed E-state index contributed by atoms with van der Waals surface area (Å²) in [4.78, 5) is 0. The lowest BCUT2D eigenvalue weighted by Crippen LogP contribution is -1.81. The third-order valence-corrected chi connectivity index (χ3v) is 1.50. The van der Waals surface area contributed by atoms with Crippen molar-refractivity contribution in [2.24, 2.45) is 0 Å². The van der Waals surface area contributed by atoms with E-state index in [1.54, 1.807) is 7.11 Å². The molecule has 0 saturated heterocycles. The van der Waals surface area contributed by atoms with E-state index in [1.807, 2.05) is 0 Å². The van der Waals surface area contributed by atoms with E-state index in [2.05, 4.69) is 18.8 Å². The largest absolute Gasteiger partial charge is 0.372 e.